The molecular weight excluding hydrogens is 362 g/mol. The topological polar surface area (TPSA) is 70.4 Å². The van der Waals surface area contributed by atoms with Crippen molar-refractivity contribution in [3.63, 3.8) is 0 Å². The first-order valence-corrected chi connectivity index (χ1v) is 10.9. The second-order valence-electron chi connectivity index (χ2n) is 8.16. The van der Waals surface area contributed by atoms with Crippen molar-refractivity contribution in [1.82, 2.24) is 25.4 Å². The molecule has 3 heterocycles. The highest BCUT2D eigenvalue weighted by molar-refractivity contribution is 5.80. The minimum Gasteiger partial charge on any atom is -0.369 e. The van der Waals surface area contributed by atoms with Crippen molar-refractivity contribution in [3.05, 3.63) is 41.5 Å². The molecule has 1 atom stereocenters. The molecule has 0 aliphatic carbocycles. The van der Waals surface area contributed by atoms with Gasteiger partial charge in [-0.25, -0.2) is 0 Å². The highest BCUT2D eigenvalue weighted by atomic mass is 15.3. The Balaban J connectivity index is 1.25. The van der Waals surface area contributed by atoms with Crippen LogP contribution in [0.3, 0.4) is 0 Å². The molecular formula is C22H33N7. The first-order chi connectivity index (χ1) is 14.2. The number of rotatable bonds is 5. The van der Waals surface area contributed by atoms with Crippen molar-refractivity contribution in [1.29, 1.82) is 0 Å². The van der Waals surface area contributed by atoms with Gasteiger partial charge in [0, 0.05) is 57.8 Å². The number of hydrogen-bond acceptors (Lipinski definition) is 4. The van der Waals surface area contributed by atoms with Crippen LogP contribution in [-0.2, 0) is 19.4 Å². The van der Waals surface area contributed by atoms with E-state index >= 15 is 0 Å². The van der Waals surface area contributed by atoms with E-state index in [4.69, 9.17) is 0 Å². The Hall–Kier alpha value is -2.57. The van der Waals surface area contributed by atoms with Crippen LogP contribution in [0.1, 0.15) is 42.9 Å². The highest BCUT2D eigenvalue weighted by Crippen LogP contribution is 2.20. The third-order valence-corrected chi connectivity index (χ3v) is 5.98. The zero-order valence-corrected chi connectivity index (χ0v) is 17.7. The van der Waals surface area contributed by atoms with Crippen LogP contribution in [0.2, 0.25) is 0 Å². The van der Waals surface area contributed by atoms with E-state index in [0.717, 1.165) is 63.0 Å². The molecule has 0 saturated carbocycles. The molecule has 1 saturated heterocycles. The van der Waals surface area contributed by atoms with E-state index in [9.17, 15) is 0 Å². The minimum atomic E-state index is 0.409. The maximum absolute atomic E-state index is 4.42. The van der Waals surface area contributed by atoms with Crippen molar-refractivity contribution in [2.45, 2.75) is 58.0 Å². The van der Waals surface area contributed by atoms with Gasteiger partial charge in [-0.1, -0.05) is 24.1 Å². The fourth-order valence-electron chi connectivity index (χ4n) is 4.28. The van der Waals surface area contributed by atoms with Crippen molar-refractivity contribution in [2.24, 2.45) is 4.99 Å². The van der Waals surface area contributed by atoms with Gasteiger partial charge in [0.15, 0.2) is 5.96 Å². The summed E-state index contributed by atoms with van der Waals surface area (Å²) in [6.45, 7) is 6.07. The van der Waals surface area contributed by atoms with Crippen LogP contribution in [0.15, 0.2) is 29.3 Å². The molecule has 4 rings (SSSR count). The van der Waals surface area contributed by atoms with Gasteiger partial charge in [0.05, 0.1) is 0 Å². The van der Waals surface area contributed by atoms with Gasteiger partial charge >= 0.3 is 0 Å². The van der Waals surface area contributed by atoms with Crippen LogP contribution in [0.25, 0.3) is 0 Å². The van der Waals surface area contributed by atoms with Crippen molar-refractivity contribution in [3.8, 4) is 0 Å². The maximum atomic E-state index is 4.42. The average molecular weight is 396 g/mol. The summed E-state index contributed by atoms with van der Waals surface area (Å²) in [6.07, 6.45) is 6.79. The molecule has 1 aromatic heterocycles. The van der Waals surface area contributed by atoms with Crippen LogP contribution in [0, 0.1) is 6.92 Å². The van der Waals surface area contributed by atoms with Gasteiger partial charge in [-0.3, -0.25) is 4.99 Å². The number of aliphatic imine (C=N–C) groups is 1. The molecule has 2 aliphatic rings. The summed E-state index contributed by atoms with van der Waals surface area (Å²) in [7, 11) is 1.84. The van der Waals surface area contributed by atoms with E-state index in [1.807, 2.05) is 7.05 Å². The smallest absolute Gasteiger partial charge is 0.191 e. The Labute approximate surface area is 173 Å². The van der Waals surface area contributed by atoms with E-state index in [0.29, 0.717) is 6.04 Å². The predicted octanol–water partition coefficient (Wildman–Crippen LogP) is 2.30. The van der Waals surface area contributed by atoms with Crippen LogP contribution in [0.4, 0.5) is 5.69 Å². The summed E-state index contributed by atoms with van der Waals surface area (Å²) in [4.78, 5) is 6.86. The number of benzene rings is 1. The SMILES string of the molecule is CN=C(NCCc1nnc2n1CCCCC2)NC1CCN(c2ccc(C)cc2)C1. The Kier molecular flexibility index (Phi) is 6.32. The summed E-state index contributed by atoms with van der Waals surface area (Å²) in [5.41, 5.74) is 2.60. The predicted molar refractivity (Wildman–Crippen MR) is 118 cm³/mol. The van der Waals surface area contributed by atoms with Crippen molar-refractivity contribution < 1.29 is 0 Å². The van der Waals surface area contributed by atoms with Gasteiger partial charge in [-0.05, 0) is 38.3 Å². The maximum Gasteiger partial charge on any atom is 0.191 e. The first-order valence-electron chi connectivity index (χ1n) is 10.9. The number of nitrogens with one attached hydrogen (secondary N) is 2. The largest absolute Gasteiger partial charge is 0.369 e. The van der Waals surface area contributed by atoms with E-state index in [1.54, 1.807) is 0 Å². The Morgan fingerprint density at radius 2 is 2.00 bits per heavy atom. The molecule has 2 N–H and O–H groups in total. The Morgan fingerprint density at radius 1 is 1.14 bits per heavy atom. The summed E-state index contributed by atoms with van der Waals surface area (Å²) >= 11 is 0. The minimum absolute atomic E-state index is 0.409. The standard InChI is InChI=1S/C22H33N7/c1-17-7-9-19(10-8-17)28-15-12-18(16-28)25-22(23-2)24-13-11-21-27-26-20-6-4-3-5-14-29(20)21/h7-10,18H,3-6,11-16H2,1-2H3,(H2,23,24,25). The number of aryl methyl sites for hydroxylation is 2. The average Bonchev–Trinajstić information content (AvgIpc) is 3.28. The van der Waals surface area contributed by atoms with E-state index < -0.39 is 0 Å². The molecule has 0 radical (unpaired) electrons. The lowest BCUT2D eigenvalue weighted by Crippen LogP contribution is -2.45. The number of fused-ring (bicyclic) bond motifs is 1. The number of guanidine groups is 1. The van der Waals surface area contributed by atoms with E-state index in [1.165, 1.54) is 30.5 Å². The normalized spacial score (nSPS) is 19.7. The summed E-state index contributed by atoms with van der Waals surface area (Å²) in [5, 5.41) is 15.9. The third kappa shape index (κ3) is 4.89. The van der Waals surface area contributed by atoms with Crippen molar-refractivity contribution in [2.75, 3.05) is 31.6 Å². The lowest BCUT2D eigenvalue weighted by atomic mass is 10.2. The van der Waals surface area contributed by atoms with Gasteiger partial charge in [0.1, 0.15) is 11.6 Å². The fourth-order valence-corrected chi connectivity index (χ4v) is 4.28. The zero-order valence-electron chi connectivity index (χ0n) is 17.7. The molecule has 7 nitrogen and oxygen atoms in total. The fraction of sp³-hybridized carbons (Fsp3) is 0.591. The molecule has 2 aliphatic heterocycles. The lowest BCUT2D eigenvalue weighted by molar-refractivity contribution is 0.597. The Morgan fingerprint density at radius 3 is 2.83 bits per heavy atom. The highest BCUT2D eigenvalue weighted by Gasteiger charge is 2.23. The Bertz CT molecular complexity index is 824. The molecule has 0 spiro atoms. The third-order valence-electron chi connectivity index (χ3n) is 5.98. The monoisotopic (exact) mass is 395 g/mol. The van der Waals surface area contributed by atoms with Gasteiger partial charge in [0.25, 0.3) is 0 Å². The van der Waals surface area contributed by atoms with E-state index in [-0.39, 0.29) is 0 Å². The van der Waals surface area contributed by atoms with Crippen LogP contribution >= 0.6 is 0 Å². The molecule has 2 aromatic rings. The molecule has 156 valence electrons. The molecule has 29 heavy (non-hydrogen) atoms. The lowest BCUT2D eigenvalue weighted by Gasteiger charge is -2.20. The number of aromatic nitrogens is 3. The van der Waals surface area contributed by atoms with Crippen LogP contribution in [0.5, 0.6) is 0 Å². The van der Waals surface area contributed by atoms with Gasteiger partial charge in [-0.2, -0.15) is 0 Å². The van der Waals surface area contributed by atoms with Crippen LogP contribution in [-0.4, -0.2) is 53.4 Å². The zero-order chi connectivity index (χ0) is 20.1. The summed E-state index contributed by atoms with van der Waals surface area (Å²) < 4.78 is 2.32. The summed E-state index contributed by atoms with van der Waals surface area (Å²) in [5.74, 6) is 3.12. The van der Waals surface area contributed by atoms with E-state index in [2.05, 4.69) is 66.5 Å². The number of nitrogens with zero attached hydrogens (tertiary/aromatic N) is 5. The molecule has 1 fully saturated rings. The van der Waals surface area contributed by atoms with Crippen LogP contribution < -0.4 is 15.5 Å². The quantitative estimate of drug-likeness (QED) is 0.601. The molecule has 1 aromatic carbocycles. The van der Waals surface area contributed by atoms with Gasteiger partial charge in [-0.15, -0.1) is 10.2 Å². The second-order valence-corrected chi connectivity index (χ2v) is 8.16. The summed E-state index contributed by atoms with van der Waals surface area (Å²) in [6, 6.07) is 9.20. The number of anilines is 1. The van der Waals surface area contributed by atoms with Gasteiger partial charge < -0.3 is 20.1 Å². The van der Waals surface area contributed by atoms with Crippen molar-refractivity contribution >= 4 is 11.6 Å². The second kappa shape index (κ2) is 9.29. The molecule has 1 unspecified atom stereocenters. The molecule has 7 heteroatoms. The van der Waals surface area contributed by atoms with Gasteiger partial charge in [0.2, 0.25) is 0 Å². The first kappa shape index (κ1) is 19.7. The molecule has 0 amide bonds. The molecule has 0 bridgehead atoms. The number of hydrogen-bond donors (Lipinski definition) is 2.